The van der Waals surface area contributed by atoms with Crippen molar-refractivity contribution in [3.8, 4) is 0 Å². The number of hydrogen-bond acceptors (Lipinski definition) is 4. The lowest BCUT2D eigenvalue weighted by molar-refractivity contribution is 0.0334. The summed E-state index contributed by atoms with van der Waals surface area (Å²) in [6.45, 7) is 7.32. The van der Waals surface area contributed by atoms with Gasteiger partial charge in [-0.3, -0.25) is 9.80 Å². The third-order valence-electron chi connectivity index (χ3n) is 4.25. The molecule has 1 saturated heterocycles. The van der Waals surface area contributed by atoms with Crippen molar-refractivity contribution in [2.45, 2.75) is 32.0 Å². The van der Waals surface area contributed by atoms with Crippen LogP contribution in [0.1, 0.15) is 25.6 Å². The number of nitrogens with zero attached hydrogens (tertiary/aromatic N) is 4. The van der Waals surface area contributed by atoms with Crippen LogP contribution in [0.25, 0.3) is 0 Å². The van der Waals surface area contributed by atoms with E-state index in [-0.39, 0.29) is 6.04 Å². The molecule has 1 aliphatic heterocycles. The highest BCUT2D eigenvalue weighted by Gasteiger charge is 2.31. The van der Waals surface area contributed by atoms with Crippen LogP contribution in [-0.4, -0.2) is 58.1 Å². The van der Waals surface area contributed by atoms with Gasteiger partial charge in [-0.25, -0.2) is 4.98 Å². The fraction of sp³-hybridized carbons (Fsp3) is 0.769. The third-order valence-corrected chi connectivity index (χ3v) is 4.25. The van der Waals surface area contributed by atoms with Gasteiger partial charge in [0, 0.05) is 45.0 Å². The molecule has 0 aliphatic carbocycles. The van der Waals surface area contributed by atoms with Crippen LogP contribution >= 0.6 is 0 Å². The average Bonchev–Trinajstić information content (AvgIpc) is 2.74. The molecule has 5 nitrogen and oxygen atoms in total. The van der Waals surface area contributed by atoms with E-state index >= 15 is 0 Å². The summed E-state index contributed by atoms with van der Waals surface area (Å²) in [6, 6.07) is 1.41. The Labute approximate surface area is 110 Å². The van der Waals surface area contributed by atoms with Crippen LogP contribution in [0.5, 0.6) is 0 Å². The first-order chi connectivity index (χ1) is 8.54. The van der Waals surface area contributed by atoms with Crippen LogP contribution in [-0.2, 0) is 7.05 Å². The van der Waals surface area contributed by atoms with Crippen molar-refractivity contribution >= 4 is 0 Å². The van der Waals surface area contributed by atoms with Crippen LogP contribution in [0.4, 0.5) is 0 Å². The Hall–Kier alpha value is -0.910. The number of rotatable bonds is 3. The fourth-order valence-corrected chi connectivity index (χ4v) is 2.85. The molecule has 1 aliphatic rings. The predicted molar refractivity (Wildman–Crippen MR) is 73.3 cm³/mol. The maximum Gasteiger partial charge on any atom is 0.0946 e. The second-order valence-electron chi connectivity index (χ2n) is 5.50. The van der Waals surface area contributed by atoms with E-state index in [4.69, 9.17) is 5.73 Å². The quantitative estimate of drug-likeness (QED) is 0.847. The van der Waals surface area contributed by atoms with Gasteiger partial charge in [0.2, 0.25) is 0 Å². The monoisotopic (exact) mass is 251 g/mol. The van der Waals surface area contributed by atoms with E-state index in [1.165, 1.54) is 5.69 Å². The summed E-state index contributed by atoms with van der Waals surface area (Å²) >= 11 is 0. The number of aryl methyl sites for hydroxylation is 1. The Morgan fingerprint density at radius 2 is 1.94 bits per heavy atom. The lowest BCUT2D eigenvalue weighted by atomic mass is 10.0. The molecule has 5 heteroatoms. The van der Waals surface area contributed by atoms with Crippen molar-refractivity contribution in [3.63, 3.8) is 0 Å². The van der Waals surface area contributed by atoms with E-state index < -0.39 is 0 Å². The minimum atomic E-state index is 0.274. The molecular formula is C13H25N5. The van der Waals surface area contributed by atoms with Crippen molar-refractivity contribution in [2.75, 3.05) is 26.7 Å². The summed E-state index contributed by atoms with van der Waals surface area (Å²) < 4.78 is 2.07. The predicted octanol–water partition coefficient (Wildman–Crippen LogP) is 0.444. The smallest absolute Gasteiger partial charge is 0.0946 e. The molecule has 3 unspecified atom stereocenters. The van der Waals surface area contributed by atoms with Crippen molar-refractivity contribution in [1.82, 2.24) is 19.4 Å². The highest BCUT2D eigenvalue weighted by atomic mass is 15.3. The highest BCUT2D eigenvalue weighted by molar-refractivity contribution is 5.07. The first-order valence-electron chi connectivity index (χ1n) is 6.66. The Morgan fingerprint density at radius 1 is 1.33 bits per heavy atom. The van der Waals surface area contributed by atoms with Gasteiger partial charge in [0.25, 0.3) is 0 Å². The molecule has 0 bridgehead atoms. The fourth-order valence-electron chi connectivity index (χ4n) is 2.85. The molecule has 1 fully saturated rings. The van der Waals surface area contributed by atoms with E-state index in [1.807, 2.05) is 19.6 Å². The van der Waals surface area contributed by atoms with Gasteiger partial charge < -0.3 is 10.3 Å². The first-order valence-corrected chi connectivity index (χ1v) is 6.66. The summed E-state index contributed by atoms with van der Waals surface area (Å²) in [7, 11) is 4.24. The van der Waals surface area contributed by atoms with Gasteiger partial charge in [0.1, 0.15) is 0 Å². The third kappa shape index (κ3) is 2.43. The molecule has 3 atom stereocenters. The number of piperazine rings is 1. The van der Waals surface area contributed by atoms with E-state index in [0.717, 1.165) is 13.1 Å². The number of hydrogen-bond donors (Lipinski definition) is 1. The zero-order valence-corrected chi connectivity index (χ0v) is 11.9. The van der Waals surface area contributed by atoms with E-state index in [9.17, 15) is 0 Å². The Kier molecular flexibility index (Phi) is 4.04. The lowest BCUT2D eigenvalue weighted by Crippen LogP contribution is -2.56. The molecule has 2 rings (SSSR count). The minimum absolute atomic E-state index is 0.274. The molecule has 0 aromatic carbocycles. The van der Waals surface area contributed by atoms with Crippen molar-refractivity contribution < 1.29 is 0 Å². The molecule has 18 heavy (non-hydrogen) atoms. The first kappa shape index (κ1) is 13.5. The second kappa shape index (κ2) is 5.38. The standard InChI is InChI=1S/C13H25N5/c1-10-7-18(8-11(2)17(10)4)12(5-14)13-6-15-9-16(13)3/h6,9-12H,5,7-8,14H2,1-4H3. The molecule has 0 saturated carbocycles. The van der Waals surface area contributed by atoms with Crippen molar-refractivity contribution in [1.29, 1.82) is 0 Å². The molecule has 1 aromatic heterocycles. The molecule has 1 aromatic rings. The van der Waals surface area contributed by atoms with Crippen LogP contribution in [0.3, 0.4) is 0 Å². The number of imidazole rings is 1. The minimum Gasteiger partial charge on any atom is -0.336 e. The van der Waals surface area contributed by atoms with Gasteiger partial charge in [-0.05, 0) is 20.9 Å². The molecule has 0 amide bonds. The van der Waals surface area contributed by atoms with Crippen LogP contribution < -0.4 is 5.73 Å². The van der Waals surface area contributed by atoms with E-state index in [0.29, 0.717) is 18.6 Å². The van der Waals surface area contributed by atoms with Crippen LogP contribution in [0.15, 0.2) is 12.5 Å². The molecule has 2 N–H and O–H groups in total. The van der Waals surface area contributed by atoms with Crippen LogP contribution in [0.2, 0.25) is 0 Å². The Morgan fingerprint density at radius 3 is 2.39 bits per heavy atom. The van der Waals surface area contributed by atoms with Gasteiger partial charge in [0.15, 0.2) is 0 Å². The van der Waals surface area contributed by atoms with Gasteiger partial charge in [-0.15, -0.1) is 0 Å². The summed E-state index contributed by atoms with van der Waals surface area (Å²) in [5.41, 5.74) is 7.20. The van der Waals surface area contributed by atoms with Gasteiger partial charge in [-0.1, -0.05) is 0 Å². The topological polar surface area (TPSA) is 50.3 Å². The largest absolute Gasteiger partial charge is 0.336 e. The maximum atomic E-state index is 5.99. The second-order valence-corrected chi connectivity index (χ2v) is 5.50. The van der Waals surface area contributed by atoms with Crippen molar-refractivity contribution in [3.05, 3.63) is 18.2 Å². The van der Waals surface area contributed by atoms with Crippen LogP contribution in [0, 0.1) is 0 Å². The maximum absolute atomic E-state index is 5.99. The van der Waals surface area contributed by atoms with E-state index in [2.05, 4.69) is 40.2 Å². The molecule has 0 radical (unpaired) electrons. The zero-order chi connectivity index (χ0) is 13.3. The lowest BCUT2D eigenvalue weighted by Gasteiger charge is -2.45. The Bertz CT molecular complexity index is 376. The summed E-state index contributed by atoms with van der Waals surface area (Å²) in [4.78, 5) is 9.14. The molecule has 0 spiro atoms. The number of likely N-dealkylation sites (N-methyl/N-ethyl adjacent to an activating group) is 1. The van der Waals surface area contributed by atoms with Gasteiger partial charge >= 0.3 is 0 Å². The normalized spacial score (nSPS) is 28.5. The summed E-state index contributed by atoms with van der Waals surface area (Å²) in [6.07, 6.45) is 3.78. The van der Waals surface area contributed by atoms with Crippen molar-refractivity contribution in [2.24, 2.45) is 12.8 Å². The highest BCUT2D eigenvalue weighted by Crippen LogP contribution is 2.24. The number of aromatic nitrogens is 2. The van der Waals surface area contributed by atoms with E-state index in [1.54, 1.807) is 0 Å². The van der Waals surface area contributed by atoms with Gasteiger partial charge in [0.05, 0.1) is 18.1 Å². The number of nitrogens with two attached hydrogens (primary N) is 1. The molecular weight excluding hydrogens is 226 g/mol. The SMILES string of the molecule is CC1CN(C(CN)c2cncn2C)CC(C)N1C. The molecule has 2 heterocycles. The summed E-state index contributed by atoms with van der Waals surface area (Å²) in [5.74, 6) is 0. The summed E-state index contributed by atoms with van der Waals surface area (Å²) in [5, 5.41) is 0. The zero-order valence-electron chi connectivity index (χ0n) is 11.9. The molecule has 102 valence electrons. The van der Waals surface area contributed by atoms with Gasteiger partial charge in [-0.2, -0.15) is 0 Å². The average molecular weight is 251 g/mol. The Balaban J connectivity index is 2.17.